The molecule has 1 aromatic carbocycles. The number of carbonyl (C=O) groups is 2. The molecule has 0 saturated heterocycles. The highest BCUT2D eigenvalue weighted by atomic mass is 16.5. The van der Waals surface area contributed by atoms with Crippen molar-refractivity contribution in [2.45, 2.75) is 76.4 Å². The minimum absolute atomic E-state index is 0.00146. The normalized spacial score (nSPS) is 19.4. The van der Waals surface area contributed by atoms with Crippen LogP contribution < -0.4 is 5.73 Å². The van der Waals surface area contributed by atoms with Crippen LogP contribution in [0.15, 0.2) is 18.2 Å². The molecule has 0 atom stereocenters. The molecule has 0 radical (unpaired) electrons. The number of esters is 2. The molecule has 2 aliphatic carbocycles. The standard InChI is InChI=1S/C20H27NO4/c21-18-13-14(19(22)24-15-7-3-1-4-8-15)11-12-17(18)20(23)25-16-9-5-2-6-10-16/h11-13,15-16H,1-10,21H2. The van der Waals surface area contributed by atoms with Crippen molar-refractivity contribution < 1.29 is 19.1 Å². The molecule has 2 N–H and O–H groups in total. The van der Waals surface area contributed by atoms with Gasteiger partial charge in [-0.1, -0.05) is 12.8 Å². The highest BCUT2D eigenvalue weighted by Crippen LogP contribution is 2.25. The summed E-state index contributed by atoms with van der Waals surface area (Å²) in [6.45, 7) is 0. The Hall–Kier alpha value is -2.04. The molecule has 3 rings (SSSR count). The summed E-state index contributed by atoms with van der Waals surface area (Å²) in [5, 5.41) is 0. The van der Waals surface area contributed by atoms with E-state index < -0.39 is 5.97 Å². The first-order valence-corrected chi connectivity index (χ1v) is 9.45. The average Bonchev–Trinajstić information content (AvgIpc) is 2.63. The van der Waals surface area contributed by atoms with Crippen LogP contribution in [0.4, 0.5) is 5.69 Å². The van der Waals surface area contributed by atoms with Crippen molar-refractivity contribution in [3.8, 4) is 0 Å². The maximum atomic E-state index is 12.3. The fourth-order valence-corrected chi connectivity index (χ4v) is 3.68. The Bertz CT molecular complexity index is 616. The third-order valence-corrected chi connectivity index (χ3v) is 5.16. The van der Waals surface area contributed by atoms with E-state index in [-0.39, 0.29) is 23.9 Å². The number of hydrogen-bond acceptors (Lipinski definition) is 5. The molecular formula is C20H27NO4. The van der Waals surface area contributed by atoms with Crippen LogP contribution in [-0.4, -0.2) is 24.1 Å². The van der Waals surface area contributed by atoms with E-state index in [9.17, 15) is 9.59 Å². The molecule has 0 amide bonds. The van der Waals surface area contributed by atoms with Gasteiger partial charge in [0.15, 0.2) is 0 Å². The van der Waals surface area contributed by atoms with Gasteiger partial charge < -0.3 is 15.2 Å². The lowest BCUT2D eigenvalue weighted by atomic mass is 9.97. The average molecular weight is 345 g/mol. The van der Waals surface area contributed by atoms with Crippen molar-refractivity contribution in [2.24, 2.45) is 0 Å². The first-order valence-electron chi connectivity index (χ1n) is 9.45. The topological polar surface area (TPSA) is 78.6 Å². The van der Waals surface area contributed by atoms with E-state index in [1.165, 1.54) is 18.9 Å². The molecule has 1 aromatic rings. The number of nitrogen functional groups attached to an aromatic ring is 1. The van der Waals surface area contributed by atoms with E-state index in [0.29, 0.717) is 11.1 Å². The van der Waals surface area contributed by atoms with E-state index in [2.05, 4.69) is 0 Å². The molecule has 0 unspecified atom stereocenters. The Kier molecular flexibility index (Phi) is 5.95. The zero-order chi connectivity index (χ0) is 17.6. The van der Waals surface area contributed by atoms with Gasteiger partial charge in [0, 0.05) is 5.69 Å². The first-order chi connectivity index (χ1) is 12.1. The predicted octanol–water partition coefficient (Wildman–Crippen LogP) is 4.25. The molecule has 136 valence electrons. The van der Waals surface area contributed by atoms with Crippen LogP contribution in [-0.2, 0) is 9.47 Å². The van der Waals surface area contributed by atoms with Gasteiger partial charge >= 0.3 is 11.9 Å². The molecule has 0 bridgehead atoms. The molecule has 0 aliphatic heterocycles. The Morgan fingerprint density at radius 1 is 0.800 bits per heavy atom. The van der Waals surface area contributed by atoms with Crippen LogP contribution >= 0.6 is 0 Å². The van der Waals surface area contributed by atoms with Gasteiger partial charge in [-0.25, -0.2) is 9.59 Å². The summed E-state index contributed by atoms with van der Waals surface area (Å²) >= 11 is 0. The van der Waals surface area contributed by atoms with Crippen LogP contribution in [0.25, 0.3) is 0 Å². The fraction of sp³-hybridized carbons (Fsp3) is 0.600. The Morgan fingerprint density at radius 3 is 1.84 bits per heavy atom. The quantitative estimate of drug-likeness (QED) is 0.652. The Morgan fingerprint density at radius 2 is 1.32 bits per heavy atom. The molecule has 2 saturated carbocycles. The van der Waals surface area contributed by atoms with Gasteiger partial charge in [0.05, 0.1) is 11.1 Å². The number of anilines is 1. The zero-order valence-corrected chi connectivity index (χ0v) is 14.7. The number of carbonyl (C=O) groups excluding carboxylic acids is 2. The number of benzene rings is 1. The van der Waals surface area contributed by atoms with E-state index in [1.807, 2.05) is 0 Å². The molecule has 2 aliphatic rings. The van der Waals surface area contributed by atoms with E-state index >= 15 is 0 Å². The maximum absolute atomic E-state index is 12.3. The van der Waals surface area contributed by atoms with Gasteiger partial charge in [-0.05, 0) is 69.6 Å². The fourth-order valence-electron chi connectivity index (χ4n) is 3.68. The van der Waals surface area contributed by atoms with Crippen LogP contribution in [0.2, 0.25) is 0 Å². The molecule has 0 aromatic heterocycles. The molecule has 0 heterocycles. The Labute approximate surface area is 148 Å². The van der Waals surface area contributed by atoms with Gasteiger partial charge in [-0.2, -0.15) is 0 Å². The number of ether oxygens (including phenoxy) is 2. The second-order valence-corrected chi connectivity index (χ2v) is 7.13. The molecular weight excluding hydrogens is 318 g/mol. The number of nitrogens with two attached hydrogens (primary N) is 1. The minimum Gasteiger partial charge on any atom is -0.459 e. The molecule has 0 spiro atoms. The van der Waals surface area contributed by atoms with Crippen LogP contribution in [0.3, 0.4) is 0 Å². The Balaban J connectivity index is 1.61. The zero-order valence-electron chi connectivity index (χ0n) is 14.7. The summed E-state index contributed by atoms with van der Waals surface area (Å²) in [6.07, 6.45) is 10.5. The van der Waals surface area contributed by atoms with Crippen molar-refractivity contribution in [1.82, 2.24) is 0 Å². The summed E-state index contributed by atoms with van der Waals surface area (Å²) < 4.78 is 11.1. The SMILES string of the molecule is Nc1cc(C(=O)OC2CCCCC2)ccc1C(=O)OC1CCCCC1. The van der Waals surface area contributed by atoms with Crippen molar-refractivity contribution in [3.05, 3.63) is 29.3 Å². The second-order valence-electron chi connectivity index (χ2n) is 7.13. The minimum atomic E-state index is -0.406. The second kappa shape index (κ2) is 8.37. The number of rotatable bonds is 4. The summed E-state index contributed by atoms with van der Waals surface area (Å²) in [7, 11) is 0. The maximum Gasteiger partial charge on any atom is 0.340 e. The van der Waals surface area contributed by atoms with Gasteiger partial charge in [0.2, 0.25) is 0 Å². The van der Waals surface area contributed by atoms with Crippen LogP contribution in [0.5, 0.6) is 0 Å². The van der Waals surface area contributed by atoms with Crippen molar-refractivity contribution >= 4 is 17.6 Å². The van der Waals surface area contributed by atoms with Crippen molar-refractivity contribution in [2.75, 3.05) is 5.73 Å². The monoisotopic (exact) mass is 345 g/mol. The summed E-state index contributed by atoms with van der Waals surface area (Å²) in [4.78, 5) is 24.6. The van der Waals surface area contributed by atoms with Gasteiger partial charge in [-0.3, -0.25) is 0 Å². The largest absolute Gasteiger partial charge is 0.459 e. The van der Waals surface area contributed by atoms with Crippen LogP contribution in [0.1, 0.15) is 84.9 Å². The van der Waals surface area contributed by atoms with Crippen LogP contribution in [0, 0.1) is 0 Å². The smallest absolute Gasteiger partial charge is 0.340 e. The highest BCUT2D eigenvalue weighted by Gasteiger charge is 2.22. The van der Waals surface area contributed by atoms with Gasteiger partial charge in [0.25, 0.3) is 0 Å². The predicted molar refractivity (Wildman–Crippen MR) is 95.4 cm³/mol. The molecule has 5 heteroatoms. The number of hydrogen-bond donors (Lipinski definition) is 1. The molecule has 25 heavy (non-hydrogen) atoms. The van der Waals surface area contributed by atoms with E-state index in [1.54, 1.807) is 12.1 Å². The lowest BCUT2D eigenvalue weighted by molar-refractivity contribution is 0.0197. The van der Waals surface area contributed by atoms with E-state index in [4.69, 9.17) is 15.2 Å². The third kappa shape index (κ3) is 4.74. The third-order valence-electron chi connectivity index (χ3n) is 5.16. The van der Waals surface area contributed by atoms with Crippen molar-refractivity contribution in [3.63, 3.8) is 0 Å². The molecule has 5 nitrogen and oxygen atoms in total. The van der Waals surface area contributed by atoms with Gasteiger partial charge in [0.1, 0.15) is 12.2 Å². The first kappa shape index (κ1) is 17.8. The van der Waals surface area contributed by atoms with E-state index in [0.717, 1.165) is 51.4 Å². The van der Waals surface area contributed by atoms with Crippen molar-refractivity contribution in [1.29, 1.82) is 0 Å². The summed E-state index contributed by atoms with van der Waals surface area (Å²) in [5.41, 5.74) is 6.96. The summed E-state index contributed by atoms with van der Waals surface area (Å²) in [6, 6.07) is 4.68. The van der Waals surface area contributed by atoms with Gasteiger partial charge in [-0.15, -0.1) is 0 Å². The lowest BCUT2D eigenvalue weighted by Gasteiger charge is -2.22. The molecule has 2 fully saturated rings. The summed E-state index contributed by atoms with van der Waals surface area (Å²) in [5.74, 6) is -0.776. The highest BCUT2D eigenvalue weighted by molar-refractivity contribution is 5.98. The lowest BCUT2D eigenvalue weighted by Crippen LogP contribution is -2.22.